The van der Waals surface area contributed by atoms with Crippen molar-refractivity contribution >= 4 is 17.4 Å². The number of ether oxygens (including phenoxy) is 1. The van der Waals surface area contributed by atoms with Gasteiger partial charge in [-0.3, -0.25) is 9.59 Å². The predicted molar refractivity (Wildman–Crippen MR) is 107 cm³/mol. The molecule has 1 aliphatic rings. The summed E-state index contributed by atoms with van der Waals surface area (Å²) in [7, 11) is 0. The van der Waals surface area contributed by atoms with Crippen LogP contribution in [0.4, 0.5) is 5.69 Å². The van der Waals surface area contributed by atoms with E-state index in [0.717, 1.165) is 25.9 Å². The zero-order valence-corrected chi connectivity index (χ0v) is 15.7. The summed E-state index contributed by atoms with van der Waals surface area (Å²) in [5.74, 6) is 0.455. The first-order chi connectivity index (χ1) is 13.2. The number of anilines is 1. The van der Waals surface area contributed by atoms with Crippen molar-refractivity contribution in [1.29, 1.82) is 0 Å². The normalized spacial score (nSPS) is 13.4. The van der Waals surface area contributed by atoms with Gasteiger partial charge in [0.25, 0.3) is 0 Å². The van der Waals surface area contributed by atoms with Crippen LogP contribution < -0.4 is 15.4 Å². The molecule has 0 aliphatic carbocycles. The largest absolute Gasteiger partial charge is 0.492 e. The van der Waals surface area contributed by atoms with E-state index in [-0.39, 0.29) is 24.5 Å². The molecule has 0 radical (unpaired) electrons. The number of amides is 1. The lowest BCUT2D eigenvalue weighted by molar-refractivity contribution is -0.116. The number of Topliss-reactive ketones (excluding diaryl/α,β-unsaturated/α-hetero) is 1. The molecule has 1 aliphatic heterocycles. The maximum Gasteiger partial charge on any atom is 0.224 e. The van der Waals surface area contributed by atoms with Crippen molar-refractivity contribution < 1.29 is 14.3 Å². The van der Waals surface area contributed by atoms with Crippen molar-refractivity contribution in [1.82, 2.24) is 5.32 Å². The third kappa shape index (κ3) is 5.17. The third-order valence-corrected chi connectivity index (χ3v) is 4.71. The van der Waals surface area contributed by atoms with Gasteiger partial charge in [-0.25, -0.2) is 0 Å². The van der Waals surface area contributed by atoms with Gasteiger partial charge in [0.1, 0.15) is 5.75 Å². The Morgan fingerprint density at radius 1 is 1.04 bits per heavy atom. The zero-order valence-electron chi connectivity index (χ0n) is 15.7. The van der Waals surface area contributed by atoms with Crippen LogP contribution in [0.25, 0.3) is 0 Å². The topological polar surface area (TPSA) is 67.4 Å². The number of nitrogens with one attached hydrogen (secondary N) is 2. The summed E-state index contributed by atoms with van der Waals surface area (Å²) in [5.41, 5.74) is 3.87. The summed E-state index contributed by atoms with van der Waals surface area (Å²) in [5, 5.41) is 6.21. The van der Waals surface area contributed by atoms with Gasteiger partial charge in [-0.2, -0.15) is 0 Å². The monoisotopic (exact) mass is 366 g/mol. The highest BCUT2D eigenvalue weighted by molar-refractivity contribution is 6.00. The van der Waals surface area contributed by atoms with E-state index in [2.05, 4.69) is 10.6 Å². The van der Waals surface area contributed by atoms with Gasteiger partial charge in [-0.05, 0) is 62.2 Å². The van der Waals surface area contributed by atoms with Crippen molar-refractivity contribution in [3.63, 3.8) is 0 Å². The van der Waals surface area contributed by atoms with Gasteiger partial charge in [0.2, 0.25) is 5.91 Å². The van der Waals surface area contributed by atoms with Gasteiger partial charge in [0.15, 0.2) is 5.78 Å². The first-order valence-electron chi connectivity index (χ1n) is 9.54. The molecule has 0 bridgehead atoms. The summed E-state index contributed by atoms with van der Waals surface area (Å²) >= 11 is 0. The SMILES string of the molecule is CCOc1ccccc1NC(=O)CCC(=O)c1ccc2c(c1)CCNCC2. The fourth-order valence-electron chi connectivity index (χ4n) is 3.28. The smallest absolute Gasteiger partial charge is 0.224 e. The summed E-state index contributed by atoms with van der Waals surface area (Å²) in [6.07, 6.45) is 2.27. The average Bonchev–Trinajstić information content (AvgIpc) is 2.92. The van der Waals surface area contributed by atoms with Crippen LogP contribution >= 0.6 is 0 Å². The van der Waals surface area contributed by atoms with Gasteiger partial charge in [-0.15, -0.1) is 0 Å². The van der Waals surface area contributed by atoms with E-state index in [0.29, 0.717) is 23.6 Å². The van der Waals surface area contributed by atoms with E-state index in [1.165, 1.54) is 11.1 Å². The Balaban J connectivity index is 1.57. The second-order valence-electron chi connectivity index (χ2n) is 6.63. The number of hydrogen-bond donors (Lipinski definition) is 2. The van der Waals surface area contributed by atoms with Crippen molar-refractivity contribution in [2.75, 3.05) is 25.0 Å². The summed E-state index contributed by atoms with van der Waals surface area (Å²) < 4.78 is 5.51. The molecule has 2 aromatic carbocycles. The van der Waals surface area contributed by atoms with Gasteiger partial charge in [0.05, 0.1) is 12.3 Å². The molecule has 0 fully saturated rings. The van der Waals surface area contributed by atoms with Crippen LogP contribution in [0, 0.1) is 0 Å². The minimum atomic E-state index is -0.186. The second kappa shape index (κ2) is 9.33. The standard InChI is InChI=1S/C22H26N2O3/c1-2-27-21-6-4-3-5-19(21)24-22(26)10-9-20(25)18-8-7-16-11-13-23-14-12-17(16)15-18/h3-8,15,23H,2,9-14H2,1H3,(H,24,26). The van der Waals surface area contributed by atoms with Crippen molar-refractivity contribution in [3.8, 4) is 5.75 Å². The molecule has 142 valence electrons. The van der Waals surface area contributed by atoms with E-state index in [1.807, 2.05) is 43.3 Å². The highest BCUT2D eigenvalue weighted by Crippen LogP contribution is 2.24. The molecule has 0 unspecified atom stereocenters. The second-order valence-corrected chi connectivity index (χ2v) is 6.63. The Morgan fingerprint density at radius 2 is 1.81 bits per heavy atom. The fraction of sp³-hybridized carbons (Fsp3) is 0.364. The summed E-state index contributed by atoms with van der Waals surface area (Å²) in [6, 6.07) is 13.2. The number of fused-ring (bicyclic) bond motifs is 1. The molecule has 0 aromatic heterocycles. The van der Waals surface area contributed by atoms with Crippen LogP contribution in [0.15, 0.2) is 42.5 Å². The van der Waals surface area contributed by atoms with Gasteiger partial charge >= 0.3 is 0 Å². The van der Waals surface area contributed by atoms with E-state index >= 15 is 0 Å². The number of rotatable bonds is 7. The molecule has 1 amide bonds. The molecule has 5 nitrogen and oxygen atoms in total. The number of ketones is 1. The number of carbonyl (C=O) groups is 2. The van der Waals surface area contributed by atoms with E-state index in [4.69, 9.17) is 4.74 Å². The highest BCUT2D eigenvalue weighted by Gasteiger charge is 2.14. The Bertz CT molecular complexity index is 817. The minimum Gasteiger partial charge on any atom is -0.492 e. The zero-order chi connectivity index (χ0) is 19.1. The number of hydrogen-bond acceptors (Lipinski definition) is 4. The van der Waals surface area contributed by atoms with Gasteiger partial charge in [-0.1, -0.05) is 24.3 Å². The number of benzene rings is 2. The van der Waals surface area contributed by atoms with Crippen LogP contribution in [0.3, 0.4) is 0 Å². The average molecular weight is 366 g/mol. The summed E-state index contributed by atoms with van der Waals surface area (Å²) in [4.78, 5) is 24.8. The van der Waals surface area contributed by atoms with E-state index in [1.54, 1.807) is 6.07 Å². The van der Waals surface area contributed by atoms with Crippen LogP contribution in [-0.4, -0.2) is 31.4 Å². The first kappa shape index (κ1) is 19.1. The molecule has 0 spiro atoms. The van der Waals surface area contributed by atoms with Crippen molar-refractivity contribution in [3.05, 3.63) is 59.2 Å². The highest BCUT2D eigenvalue weighted by atomic mass is 16.5. The third-order valence-electron chi connectivity index (χ3n) is 4.71. The number of para-hydroxylation sites is 2. The number of carbonyl (C=O) groups excluding carboxylic acids is 2. The Labute approximate surface area is 160 Å². The summed E-state index contributed by atoms with van der Waals surface area (Å²) in [6.45, 7) is 4.34. The maximum atomic E-state index is 12.5. The molecule has 5 heteroatoms. The molecular weight excluding hydrogens is 340 g/mol. The Morgan fingerprint density at radius 3 is 2.63 bits per heavy atom. The predicted octanol–water partition coefficient (Wildman–Crippen LogP) is 3.38. The Kier molecular flexibility index (Phi) is 6.60. The van der Waals surface area contributed by atoms with Crippen LogP contribution in [0.5, 0.6) is 5.75 Å². The van der Waals surface area contributed by atoms with Crippen LogP contribution in [0.2, 0.25) is 0 Å². The van der Waals surface area contributed by atoms with Crippen molar-refractivity contribution in [2.24, 2.45) is 0 Å². The van der Waals surface area contributed by atoms with Crippen LogP contribution in [0.1, 0.15) is 41.3 Å². The van der Waals surface area contributed by atoms with E-state index < -0.39 is 0 Å². The lowest BCUT2D eigenvalue weighted by Crippen LogP contribution is -2.16. The molecular formula is C22H26N2O3. The quantitative estimate of drug-likeness (QED) is 0.737. The Hall–Kier alpha value is -2.66. The molecule has 0 saturated carbocycles. The molecule has 27 heavy (non-hydrogen) atoms. The lowest BCUT2D eigenvalue weighted by atomic mass is 9.97. The van der Waals surface area contributed by atoms with Gasteiger partial charge in [0, 0.05) is 18.4 Å². The maximum absolute atomic E-state index is 12.5. The minimum absolute atomic E-state index is 0.00301. The van der Waals surface area contributed by atoms with Crippen molar-refractivity contribution in [2.45, 2.75) is 32.6 Å². The molecule has 0 saturated heterocycles. The molecule has 3 rings (SSSR count). The lowest BCUT2D eigenvalue weighted by Gasteiger charge is -2.11. The first-order valence-corrected chi connectivity index (χ1v) is 9.54. The molecule has 0 atom stereocenters. The molecule has 2 N–H and O–H groups in total. The van der Waals surface area contributed by atoms with E-state index in [9.17, 15) is 9.59 Å². The molecule has 1 heterocycles. The fourth-order valence-corrected chi connectivity index (χ4v) is 3.28. The van der Waals surface area contributed by atoms with Crippen LogP contribution in [-0.2, 0) is 17.6 Å². The van der Waals surface area contributed by atoms with Gasteiger partial charge < -0.3 is 15.4 Å². The molecule has 2 aromatic rings.